The zero-order valence-corrected chi connectivity index (χ0v) is 15.6. The second kappa shape index (κ2) is 6.84. The van der Waals surface area contributed by atoms with Gasteiger partial charge in [-0.3, -0.25) is 10.1 Å². The summed E-state index contributed by atoms with van der Waals surface area (Å²) in [5, 5.41) is 0. The van der Waals surface area contributed by atoms with Gasteiger partial charge >= 0.3 is 6.18 Å². The third-order valence-electron chi connectivity index (χ3n) is 4.40. The molecule has 3 unspecified atom stereocenters. The lowest BCUT2D eigenvalue weighted by molar-refractivity contribution is -0.137. The lowest BCUT2D eigenvalue weighted by atomic mass is 9.97. The van der Waals surface area contributed by atoms with E-state index in [0.29, 0.717) is 0 Å². The van der Waals surface area contributed by atoms with Crippen molar-refractivity contribution in [3.05, 3.63) is 46.8 Å². The van der Waals surface area contributed by atoms with Crippen LogP contribution in [0.4, 0.5) is 18.9 Å². The summed E-state index contributed by atoms with van der Waals surface area (Å²) in [5.74, 6) is 0.264. The number of hydrazine groups is 1. The highest BCUT2D eigenvalue weighted by atomic mass is 32.2. The maximum atomic E-state index is 12.8. The van der Waals surface area contributed by atoms with Crippen LogP contribution in [0.3, 0.4) is 0 Å². The summed E-state index contributed by atoms with van der Waals surface area (Å²) in [7, 11) is -3.96. The van der Waals surface area contributed by atoms with Crippen molar-refractivity contribution in [2.45, 2.75) is 36.3 Å². The van der Waals surface area contributed by atoms with Crippen molar-refractivity contribution >= 4 is 27.0 Å². The van der Waals surface area contributed by atoms with Crippen molar-refractivity contribution in [1.82, 2.24) is 10.9 Å². The van der Waals surface area contributed by atoms with Gasteiger partial charge < -0.3 is 0 Å². The lowest BCUT2D eigenvalue weighted by Crippen LogP contribution is -2.28. The quantitative estimate of drug-likeness (QED) is 0.725. The van der Waals surface area contributed by atoms with Crippen LogP contribution in [0, 0.1) is 5.92 Å². The fourth-order valence-corrected chi connectivity index (χ4v) is 5.26. The molecule has 3 N–H and O–H groups in total. The Kier molecular flexibility index (Phi) is 5.04. The summed E-state index contributed by atoms with van der Waals surface area (Å²) >= 11 is 1.10. The Balaban J connectivity index is 1.81. The second-order valence-electron chi connectivity index (χ2n) is 6.26. The maximum Gasteiger partial charge on any atom is 0.416 e. The first-order chi connectivity index (χ1) is 12.1. The van der Waals surface area contributed by atoms with Crippen LogP contribution < -0.4 is 15.6 Å². The Morgan fingerprint density at radius 3 is 2.46 bits per heavy atom. The Morgan fingerprint density at radius 1 is 1.12 bits per heavy atom. The van der Waals surface area contributed by atoms with E-state index < -0.39 is 21.8 Å². The number of alkyl halides is 3. The van der Waals surface area contributed by atoms with Crippen molar-refractivity contribution in [2.75, 3.05) is 4.72 Å². The standard InChI is InChI=1S/C16H18F3N3O2S2/c1-9-10(2)20-21-15(9)13-6-7-14(25-13)26(23,24)22-12-5-3-4-11(8-12)16(17,18)19/h3-10,15,20-22H,1-2H3. The van der Waals surface area contributed by atoms with E-state index in [1.807, 2.05) is 6.92 Å². The molecule has 1 fully saturated rings. The summed E-state index contributed by atoms with van der Waals surface area (Å²) in [4.78, 5) is 0.846. The number of rotatable bonds is 4. The van der Waals surface area contributed by atoms with Gasteiger partial charge in [0.2, 0.25) is 0 Å². The summed E-state index contributed by atoms with van der Waals surface area (Å²) < 4.78 is 65.6. The molecule has 0 amide bonds. The van der Waals surface area contributed by atoms with E-state index in [1.165, 1.54) is 12.1 Å². The molecule has 3 rings (SSSR count). The fourth-order valence-electron chi connectivity index (χ4n) is 2.71. The highest BCUT2D eigenvalue weighted by molar-refractivity contribution is 7.94. The predicted octanol–water partition coefficient (Wildman–Crippen LogP) is 3.74. The molecule has 2 aromatic rings. The van der Waals surface area contributed by atoms with Crippen LogP contribution >= 0.6 is 11.3 Å². The molecular weight excluding hydrogens is 387 g/mol. The molecule has 0 saturated carbocycles. The average molecular weight is 405 g/mol. The van der Waals surface area contributed by atoms with Crippen molar-refractivity contribution < 1.29 is 21.6 Å². The normalized spacial score (nSPS) is 24.0. The molecule has 142 valence electrons. The SMILES string of the molecule is CC1NNC(c2ccc(S(=O)(=O)Nc3cccc(C(F)(F)F)c3)s2)C1C. The van der Waals surface area contributed by atoms with Gasteiger partial charge in [0.05, 0.1) is 11.6 Å². The molecule has 1 aromatic heterocycles. The number of benzene rings is 1. The van der Waals surface area contributed by atoms with Crippen LogP contribution in [-0.2, 0) is 16.2 Å². The molecule has 5 nitrogen and oxygen atoms in total. The van der Waals surface area contributed by atoms with Crippen molar-refractivity contribution in [2.24, 2.45) is 5.92 Å². The molecular formula is C16H18F3N3O2S2. The van der Waals surface area contributed by atoms with Gasteiger partial charge in [0.1, 0.15) is 4.21 Å². The average Bonchev–Trinajstić information content (AvgIpc) is 3.15. The molecule has 0 aliphatic carbocycles. The van der Waals surface area contributed by atoms with Gasteiger partial charge in [0, 0.05) is 16.6 Å². The first-order valence-electron chi connectivity index (χ1n) is 7.89. The Bertz CT molecular complexity index is 896. The van der Waals surface area contributed by atoms with Crippen LogP contribution in [0.2, 0.25) is 0 Å². The van der Waals surface area contributed by atoms with Gasteiger partial charge in [0.25, 0.3) is 10.0 Å². The monoisotopic (exact) mass is 405 g/mol. The molecule has 1 aliphatic heterocycles. The highest BCUT2D eigenvalue weighted by Crippen LogP contribution is 2.35. The minimum absolute atomic E-state index is 0.0208. The smallest absolute Gasteiger partial charge is 0.279 e. The fraction of sp³-hybridized carbons (Fsp3) is 0.375. The van der Waals surface area contributed by atoms with Crippen LogP contribution in [0.25, 0.3) is 0 Å². The van der Waals surface area contributed by atoms with Crippen LogP contribution in [0.15, 0.2) is 40.6 Å². The van der Waals surface area contributed by atoms with Crippen molar-refractivity contribution in [3.8, 4) is 0 Å². The summed E-state index contributed by atoms with van der Waals surface area (Å²) in [6, 6.07) is 7.52. The number of sulfonamides is 1. The molecule has 0 bridgehead atoms. The topological polar surface area (TPSA) is 70.2 Å². The molecule has 2 heterocycles. The third kappa shape index (κ3) is 3.88. The molecule has 26 heavy (non-hydrogen) atoms. The van der Waals surface area contributed by atoms with E-state index in [4.69, 9.17) is 0 Å². The zero-order valence-electron chi connectivity index (χ0n) is 14.0. The number of hydrogen-bond acceptors (Lipinski definition) is 5. The van der Waals surface area contributed by atoms with E-state index in [1.54, 1.807) is 6.07 Å². The van der Waals surface area contributed by atoms with Gasteiger partial charge in [-0.05, 0) is 43.2 Å². The van der Waals surface area contributed by atoms with Crippen LogP contribution in [0.1, 0.15) is 30.3 Å². The first kappa shape index (κ1) is 19.2. The largest absolute Gasteiger partial charge is 0.416 e. The van der Waals surface area contributed by atoms with Gasteiger partial charge in [-0.2, -0.15) is 13.2 Å². The maximum absolute atomic E-state index is 12.8. The number of thiophene rings is 1. The number of halogens is 3. The number of hydrogen-bond donors (Lipinski definition) is 3. The van der Waals surface area contributed by atoms with E-state index in [2.05, 4.69) is 22.5 Å². The minimum Gasteiger partial charge on any atom is -0.279 e. The summed E-state index contributed by atoms with van der Waals surface area (Å²) in [5.41, 5.74) is 5.21. The molecule has 10 heteroatoms. The molecule has 1 aromatic carbocycles. The van der Waals surface area contributed by atoms with Crippen molar-refractivity contribution in [3.63, 3.8) is 0 Å². The Hall–Kier alpha value is -1.62. The lowest BCUT2D eigenvalue weighted by Gasteiger charge is -2.14. The van der Waals surface area contributed by atoms with Gasteiger partial charge in [0.15, 0.2) is 0 Å². The molecule has 0 spiro atoms. The minimum atomic E-state index is -4.54. The predicted molar refractivity (Wildman–Crippen MR) is 94.2 cm³/mol. The van der Waals surface area contributed by atoms with E-state index >= 15 is 0 Å². The number of nitrogens with one attached hydrogen (secondary N) is 3. The Labute approximate surface area is 153 Å². The molecule has 1 saturated heterocycles. The van der Waals surface area contributed by atoms with Crippen molar-refractivity contribution in [1.29, 1.82) is 0 Å². The molecule has 3 atom stereocenters. The summed E-state index contributed by atoms with van der Waals surface area (Å²) in [6.07, 6.45) is -4.54. The summed E-state index contributed by atoms with van der Waals surface area (Å²) in [6.45, 7) is 4.08. The second-order valence-corrected chi connectivity index (χ2v) is 9.28. The highest BCUT2D eigenvalue weighted by Gasteiger charge is 2.33. The van der Waals surface area contributed by atoms with E-state index in [9.17, 15) is 21.6 Å². The Morgan fingerprint density at radius 2 is 1.85 bits per heavy atom. The van der Waals surface area contributed by atoms with Gasteiger partial charge in [-0.15, -0.1) is 11.3 Å². The van der Waals surface area contributed by atoms with Gasteiger partial charge in [-0.1, -0.05) is 13.0 Å². The first-order valence-corrected chi connectivity index (χ1v) is 10.2. The third-order valence-corrected chi connectivity index (χ3v) is 7.44. The van der Waals surface area contributed by atoms with Gasteiger partial charge in [-0.25, -0.2) is 13.8 Å². The van der Waals surface area contributed by atoms with Crippen LogP contribution in [0.5, 0.6) is 0 Å². The molecule has 0 radical (unpaired) electrons. The number of anilines is 1. The molecule has 1 aliphatic rings. The zero-order chi connectivity index (χ0) is 19.1. The van der Waals surface area contributed by atoms with Crippen LogP contribution in [-0.4, -0.2) is 14.5 Å². The van der Waals surface area contributed by atoms with E-state index in [0.717, 1.165) is 34.4 Å². The van der Waals surface area contributed by atoms with E-state index in [-0.39, 0.29) is 27.9 Å².